The van der Waals surface area contributed by atoms with Crippen LogP contribution in [0.25, 0.3) is 33.8 Å². The van der Waals surface area contributed by atoms with Crippen LogP contribution in [-0.4, -0.2) is 29.5 Å². The van der Waals surface area contributed by atoms with E-state index in [9.17, 15) is 13.2 Å². The molecule has 6 nitrogen and oxygen atoms in total. The molecule has 1 aliphatic carbocycles. The van der Waals surface area contributed by atoms with Gasteiger partial charge in [-0.25, -0.2) is 15.0 Å². The van der Waals surface area contributed by atoms with Crippen molar-refractivity contribution in [2.45, 2.75) is 31.4 Å². The fourth-order valence-corrected chi connectivity index (χ4v) is 4.38. The smallest absolute Gasteiger partial charge is 0.358 e. The number of aromatic nitrogens is 6. The van der Waals surface area contributed by atoms with Gasteiger partial charge in [-0.3, -0.25) is 4.98 Å². The molecule has 0 radical (unpaired) electrons. The maximum Gasteiger partial charge on any atom is 0.434 e. The van der Waals surface area contributed by atoms with Crippen LogP contribution in [0.15, 0.2) is 61.2 Å². The molecule has 5 aromatic rings. The Morgan fingerprint density at radius 1 is 1.06 bits per heavy atom. The molecule has 4 aromatic heterocycles. The number of aryl methyl sites for hydroxylation is 1. The molecule has 4 heterocycles. The number of nitrogens with zero attached hydrogens (tertiary/aromatic N) is 5. The number of hydrogen-bond acceptors (Lipinski definition) is 4. The molecule has 1 N–H and O–H groups in total. The summed E-state index contributed by atoms with van der Waals surface area (Å²) in [5, 5.41) is 0. The molecular weight excluding hydrogens is 453 g/mol. The van der Waals surface area contributed by atoms with Crippen molar-refractivity contribution in [3.8, 4) is 22.8 Å². The molecule has 0 unspecified atom stereocenters. The van der Waals surface area contributed by atoms with Gasteiger partial charge in [0, 0.05) is 54.7 Å². The third-order valence-electron chi connectivity index (χ3n) is 6.31. The van der Waals surface area contributed by atoms with Crippen molar-refractivity contribution in [3.05, 3.63) is 83.7 Å². The highest BCUT2D eigenvalue weighted by molar-refractivity contribution is 5.80. The second-order valence-corrected chi connectivity index (χ2v) is 8.91. The van der Waals surface area contributed by atoms with E-state index in [1.165, 1.54) is 4.57 Å². The van der Waals surface area contributed by atoms with Gasteiger partial charge in [0.05, 0.1) is 22.9 Å². The molecule has 1 fully saturated rings. The van der Waals surface area contributed by atoms with Crippen LogP contribution in [-0.2, 0) is 19.6 Å². The number of pyridine rings is 1. The maximum atomic E-state index is 13.0. The van der Waals surface area contributed by atoms with E-state index in [-0.39, 0.29) is 5.82 Å². The Bertz CT molecular complexity index is 1530. The lowest BCUT2D eigenvalue weighted by atomic mass is 10.0. The molecule has 35 heavy (non-hydrogen) atoms. The zero-order valence-corrected chi connectivity index (χ0v) is 18.8. The van der Waals surface area contributed by atoms with Crippen molar-refractivity contribution in [1.29, 1.82) is 0 Å². The fraction of sp³-hybridized carbons (Fsp3) is 0.231. The third-order valence-corrected chi connectivity index (χ3v) is 6.31. The first-order chi connectivity index (χ1) is 16.9. The average Bonchev–Trinajstić information content (AvgIpc) is 3.51. The van der Waals surface area contributed by atoms with Crippen LogP contribution in [0.5, 0.6) is 0 Å². The van der Waals surface area contributed by atoms with E-state index in [1.54, 1.807) is 25.4 Å². The Morgan fingerprint density at radius 2 is 1.86 bits per heavy atom. The molecule has 0 saturated heterocycles. The lowest BCUT2D eigenvalue weighted by Crippen LogP contribution is -2.04. The molecule has 1 aromatic carbocycles. The third kappa shape index (κ3) is 4.07. The number of rotatable bonds is 5. The zero-order chi connectivity index (χ0) is 24.2. The summed E-state index contributed by atoms with van der Waals surface area (Å²) in [6.07, 6.45) is 4.98. The van der Waals surface area contributed by atoms with Crippen LogP contribution in [0.2, 0.25) is 0 Å². The highest BCUT2D eigenvalue weighted by Gasteiger charge is 2.34. The number of H-pyrrole nitrogens is 1. The minimum absolute atomic E-state index is 0.274. The normalized spacial score (nSPS) is 14.1. The van der Waals surface area contributed by atoms with Crippen molar-refractivity contribution >= 4 is 11.0 Å². The largest absolute Gasteiger partial charge is 0.434 e. The fourth-order valence-electron chi connectivity index (χ4n) is 4.38. The number of benzene rings is 1. The predicted octanol–water partition coefficient (Wildman–Crippen LogP) is 5.91. The SMILES string of the molecule is Cn1cc(C(F)(F)F)nc1-c1ccc(Cc2c[nH]c3cnc(-c4cccnc4C4CC4)nc23)cc1. The quantitative estimate of drug-likeness (QED) is 0.344. The van der Waals surface area contributed by atoms with Crippen molar-refractivity contribution in [3.63, 3.8) is 0 Å². The standard InChI is InChI=1S/C26H21F3N6/c1-35-14-21(26(27,28)29)33-25(35)17-6-4-15(5-7-17)11-18-12-31-20-13-32-24(34-23(18)20)19-3-2-10-30-22(19)16-8-9-16/h2-7,10,12-14,16,31H,8-9,11H2,1H3. The summed E-state index contributed by atoms with van der Waals surface area (Å²) < 4.78 is 40.4. The molecule has 0 amide bonds. The Kier molecular flexibility index (Phi) is 4.94. The molecule has 9 heteroatoms. The summed E-state index contributed by atoms with van der Waals surface area (Å²) in [5.41, 5.74) is 5.49. The number of halogens is 3. The number of alkyl halides is 3. The van der Waals surface area contributed by atoms with Gasteiger partial charge in [0.2, 0.25) is 0 Å². The van der Waals surface area contributed by atoms with Crippen molar-refractivity contribution in [2.24, 2.45) is 7.05 Å². The number of imidazole rings is 1. The highest BCUT2D eigenvalue weighted by atomic mass is 19.4. The monoisotopic (exact) mass is 474 g/mol. The number of hydrogen-bond donors (Lipinski definition) is 1. The minimum Gasteiger partial charge on any atom is -0.358 e. The minimum atomic E-state index is -4.47. The van der Waals surface area contributed by atoms with Gasteiger partial charge in [-0.1, -0.05) is 24.3 Å². The zero-order valence-electron chi connectivity index (χ0n) is 18.8. The lowest BCUT2D eigenvalue weighted by Gasteiger charge is -2.07. The summed E-state index contributed by atoms with van der Waals surface area (Å²) >= 11 is 0. The summed E-state index contributed by atoms with van der Waals surface area (Å²) in [5.74, 6) is 1.43. The van der Waals surface area contributed by atoms with E-state index in [1.807, 2.05) is 36.7 Å². The van der Waals surface area contributed by atoms with Crippen molar-refractivity contribution in [2.75, 3.05) is 0 Å². The first kappa shape index (κ1) is 21.5. The predicted molar refractivity (Wildman–Crippen MR) is 126 cm³/mol. The van der Waals surface area contributed by atoms with E-state index in [4.69, 9.17) is 4.98 Å². The van der Waals surface area contributed by atoms with Crippen molar-refractivity contribution < 1.29 is 13.2 Å². The van der Waals surface area contributed by atoms with Crippen LogP contribution in [0.4, 0.5) is 13.2 Å². The van der Waals surface area contributed by atoms with E-state index < -0.39 is 11.9 Å². The van der Waals surface area contributed by atoms with Gasteiger partial charge in [-0.2, -0.15) is 13.2 Å². The molecule has 0 bridgehead atoms. The van der Waals surface area contributed by atoms with Gasteiger partial charge in [-0.05, 0) is 30.5 Å². The van der Waals surface area contributed by atoms with Crippen molar-refractivity contribution in [1.82, 2.24) is 29.5 Å². The van der Waals surface area contributed by atoms with E-state index in [0.717, 1.165) is 52.5 Å². The highest BCUT2D eigenvalue weighted by Crippen LogP contribution is 2.42. The van der Waals surface area contributed by atoms with Crippen LogP contribution >= 0.6 is 0 Å². The second-order valence-electron chi connectivity index (χ2n) is 8.91. The van der Waals surface area contributed by atoms with Crippen LogP contribution in [0.3, 0.4) is 0 Å². The number of fused-ring (bicyclic) bond motifs is 1. The lowest BCUT2D eigenvalue weighted by molar-refractivity contribution is -0.140. The molecule has 0 aliphatic heterocycles. The topological polar surface area (TPSA) is 72.3 Å². The van der Waals surface area contributed by atoms with Gasteiger partial charge in [-0.15, -0.1) is 0 Å². The molecule has 6 rings (SSSR count). The molecule has 0 spiro atoms. The Balaban J connectivity index is 1.29. The number of nitrogens with one attached hydrogen (secondary N) is 1. The molecule has 0 atom stereocenters. The Labute approximate surface area is 198 Å². The second kappa shape index (κ2) is 8.04. The molecule has 1 aliphatic rings. The molecule has 176 valence electrons. The van der Waals surface area contributed by atoms with Gasteiger partial charge in [0.25, 0.3) is 0 Å². The van der Waals surface area contributed by atoms with Gasteiger partial charge >= 0.3 is 6.18 Å². The average molecular weight is 474 g/mol. The first-order valence-corrected chi connectivity index (χ1v) is 11.3. The first-order valence-electron chi connectivity index (χ1n) is 11.3. The van der Waals surface area contributed by atoms with Crippen LogP contribution in [0.1, 0.15) is 41.3 Å². The van der Waals surface area contributed by atoms with Gasteiger partial charge in [0.1, 0.15) is 5.82 Å². The summed E-state index contributed by atoms with van der Waals surface area (Å²) in [4.78, 5) is 21.0. The van der Waals surface area contributed by atoms with E-state index >= 15 is 0 Å². The Hall–Kier alpha value is -4.01. The van der Waals surface area contributed by atoms with Crippen LogP contribution in [0, 0.1) is 0 Å². The molecule has 1 saturated carbocycles. The maximum absolute atomic E-state index is 13.0. The van der Waals surface area contributed by atoms with E-state index in [0.29, 0.717) is 23.7 Å². The summed E-state index contributed by atoms with van der Waals surface area (Å²) in [6, 6.07) is 11.3. The van der Waals surface area contributed by atoms with E-state index in [2.05, 4.69) is 19.9 Å². The van der Waals surface area contributed by atoms with Gasteiger partial charge < -0.3 is 9.55 Å². The summed E-state index contributed by atoms with van der Waals surface area (Å²) in [6.45, 7) is 0. The van der Waals surface area contributed by atoms with Crippen LogP contribution < -0.4 is 0 Å². The number of aromatic amines is 1. The molecular formula is C26H21F3N6. The summed E-state index contributed by atoms with van der Waals surface area (Å²) in [7, 11) is 1.56. The Morgan fingerprint density at radius 3 is 2.57 bits per heavy atom. The van der Waals surface area contributed by atoms with Gasteiger partial charge in [0.15, 0.2) is 11.5 Å².